The smallest absolute Gasteiger partial charge is 0.148 e. The topological polar surface area (TPSA) is 105 Å². The van der Waals surface area contributed by atoms with Crippen LogP contribution in [0.1, 0.15) is 25.3 Å². The van der Waals surface area contributed by atoms with Gasteiger partial charge < -0.3 is 20.6 Å². The maximum Gasteiger partial charge on any atom is 0.148 e. The third-order valence-electron chi connectivity index (χ3n) is 3.25. The summed E-state index contributed by atoms with van der Waals surface area (Å²) in [5, 5.41) is 13.4. The summed E-state index contributed by atoms with van der Waals surface area (Å²) in [6.07, 6.45) is 3.86. The van der Waals surface area contributed by atoms with Crippen LogP contribution in [0.25, 0.3) is 0 Å². The molecule has 7 nitrogen and oxygen atoms in total. The zero-order valence-corrected chi connectivity index (χ0v) is 11.1. The van der Waals surface area contributed by atoms with E-state index in [4.69, 9.17) is 10.6 Å². The third kappa shape index (κ3) is 3.31. The van der Waals surface area contributed by atoms with E-state index in [1.54, 1.807) is 0 Å². The molecule has 1 aromatic heterocycles. The van der Waals surface area contributed by atoms with E-state index in [1.165, 1.54) is 6.33 Å². The summed E-state index contributed by atoms with van der Waals surface area (Å²) in [6, 6.07) is 0. The van der Waals surface area contributed by atoms with E-state index >= 15 is 0 Å². The quantitative estimate of drug-likeness (QED) is 0.433. The lowest BCUT2D eigenvalue weighted by molar-refractivity contribution is 0.0381. The molecule has 1 fully saturated rings. The summed E-state index contributed by atoms with van der Waals surface area (Å²) < 4.78 is 5.22. The Balaban J connectivity index is 2.10. The van der Waals surface area contributed by atoms with Crippen LogP contribution < -0.4 is 16.6 Å². The van der Waals surface area contributed by atoms with Crippen molar-refractivity contribution in [3.63, 3.8) is 0 Å². The molecule has 0 radical (unpaired) electrons. The van der Waals surface area contributed by atoms with Crippen molar-refractivity contribution >= 4 is 11.6 Å². The molecule has 1 unspecified atom stereocenters. The second-order valence-corrected chi connectivity index (χ2v) is 4.82. The predicted molar refractivity (Wildman–Crippen MR) is 72.7 cm³/mol. The minimum Gasteiger partial charge on any atom is -0.386 e. The van der Waals surface area contributed by atoms with Gasteiger partial charge in [0, 0.05) is 25.1 Å². The first-order valence-electron chi connectivity index (χ1n) is 6.53. The van der Waals surface area contributed by atoms with E-state index < -0.39 is 5.60 Å². The molecule has 1 aliphatic heterocycles. The molecule has 0 spiro atoms. The maximum absolute atomic E-state index is 10.2. The molecule has 2 heterocycles. The van der Waals surface area contributed by atoms with Gasteiger partial charge in [-0.1, -0.05) is 13.3 Å². The number of hydrogen-bond donors (Lipinski definition) is 4. The van der Waals surface area contributed by atoms with Gasteiger partial charge in [-0.25, -0.2) is 15.8 Å². The third-order valence-corrected chi connectivity index (χ3v) is 3.25. The first-order chi connectivity index (χ1) is 9.18. The van der Waals surface area contributed by atoms with E-state index in [2.05, 4.69) is 27.6 Å². The molecule has 0 aliphatic carbocycles. The molecular weight excluding hydrogens is 246 g/mol. The fourth-order valence-corrected chi connectivity index (χ4v) is 2.16. The second-order valence-electron chi connectivity index (χ2n) is 4.82. The molecule has 0 saturated carbocycles. The van der Waals surface area contributed by atoms with Gasteiger partial charge in [-0.2, -0.15) is 0 Å². The molecule has 106 valence electrons. The minimum atomic E-state index is -0.815. The van der Waals surface area contributed by atoms with Crippen LogP contribution in [0.15, 0.2) is 6.33 Å². The fourth-order valence-electron chi connectivity index (χ4n) is 2.16. The standard InChI is InChI=1S/C12H21N5O2/c1-2-3-9-10(15-8-16-11(9)17-13)14-6-12(18)4-5-19-7-12/h8,18H,2-7,13H2,1H3,(H2,14,15,16,17). The van der Waals surface area contributed by atoms with Gasteiger partial charge in [-0.3, -0.25) is 0 Å². The molecule has 1 saturated heterocycles. The van der Waals surface area contributed by atoms with Crippen LogP contribution in [0.5, 0.6) is 0 Å². The highest BCUT2D eigenvalue weighted by Crippen LogP contribution is 2.23. The van der Waals surface area contributed by atoms with Crippen LogP contribution in [0, 0.1) is 0 Å². The summed E-state index contributed by atoms with van der Waals surface area (Å²) in [5.41, 5.74) is 2.71. The summed E-state index contributed by atoms with van der Waals surface area (Å²) in [5.74, 6) is 6.79. The van der Waals surface area contributed by atoms with Crippen molar-refractivity contribution in [1.82, 2.24) is 9.97 Å². The largest absolute Gasteiger partial charge is 0.386 e. The molecule has 1 aliphatic rings. The van der Waals surface area contributed by atoms with Gasteiger partial charge in [0.1, 0.15) is 23.6 Å². The molecule has 0 aromatic carbocycles. The van der Waals surface area contributed by atoms with E-state index in [1.807, 2.05) is 0 Å². The van der Waals surface area contributed by atoms with E-state index in [-0.39, 0.29) is 0 Å². The Kier molecular flexibility index (Phi) is 4.52. The zero-order chi connectivity index (χ0) is 13.7. The molecule has 1 atom stereocenters. The van der Waals surface area contributed by atoms with Crippen LogP contribution >= 0.6 is 0 Å². The van der Waals surface area contributed by atoms with Crippen molar-refractivity contribution in [1.29, 1.82) is 0 Å². The van der Waals surface area contributed by atoms with Gasteiger partial charge in [0.25, 0.3) is 0 Å². The molecule has 0 amide bonds. The van der Waals surface area contributed by atoms with Crippen molar-refractivity contribution in [3.05, 3.63) is 11.9 Å². The van der Waals surface area contributed by atoms with Crippen LogP contribution in [0.2, 0.25) is 0 Å². The van der Waals surface area contributed by atoms with E-state index in [9.17, 15) is 5.11 Å². The highest BCUT2D eigenvalue weighted by Gasteiger charge is 2.32. The van der Waals surface area contributed by atoms with Crippen molar-refractivity contribution in [2.75, 3.05) is 30.5 Å². The Morgan fingerprint density at radius 2 is 2.26 bits per heavy atom. The maximum atomic E-state index is 10.2. The van der Waals surface area contributed by atoms with Gasteiger partial charge in [-0.15, -0.1) is 0 Å². The Hall–Kier alpha value is -1.44. The predicted octanol–water partition coefficient (Wildman–Crippen LogP) is 0.278. The molecule has 1 aromatic rings. The van der Waals surface area contributed by atoms with Crippen LogP contribution in [-0.4, -0.2) is 40.4 Å². The first-order valence-corrected chi connectivity index (χ1v) is 6.53. The number of aliphatic hydroxyl groups is 1. The number of rotatable bonds is 6. The average molecular weight is 267 g/mol. The SMILES string of the molecule is CCCc1c(NN)ncnc1NCC1(O)CCOC1. The summed E-state index contributed by atoms with van der Waals surface area (Å²) in [4.78, 5) is 8.33. The highest BCUT2D eigenvalue weighted by atomic mass is 16.5. The Labute approximate surface area is 112 Å². The van der Waals surface area contributed by atoms with E-state index in [0.717, 1.165) is 18.4 Å². The van der Waals surface area contributed by atoms with Crippen molar-refractivity contribution in [2.24, 2.45) is 5.84 Å². The normalized spacial score (nSPS) is 22.5. The summed E-state index contributed by atoms with van der Waals surface area (Å²) >= 11 is 0. The number of hydrazine groups is 1. The number of aromatic nitrogens is 2. The van der Waals surface area contributed by atoms with Gasteiger partial charge in [-0.05, 0) is 6.42 Å². The van der Waals surface area contributed by atoms with Crippen LogP contribution in [-0.2, 0) is 11.2 Å². The first kappa shape index (κ1) is 14.0. The Morgan fingerprint density at radius 3 is 2.89 bits per heavy atom. The van der Waals surface area contributed by atoms with Gasteiger partial charge in [0.2, 0.25) is 0 Å². The van der Waals surface area contributed by atoms with Crippen molar-refractivity contribution in [3.8, 4) is 0 Å². The van der Waals surface area contributed by atoms with Gasteiger partial charge in [0.05, 0.1) is 6.61 Å². The number of nitrogens with two attached hydrogens (primary N) is 1. The number of nitrogens with one attached hydrogen (secondary N) is 2. The summed E-state index contributed by atoms with van der Waals surface area (Å²) in [6.45, 7) is 3.44. The number of nitrogen functional groups attached to an aromatic ring is 1. The van der Waals surface area contributed by atoms with E-state index in [0.29, 0.717) is 37.8 Å². The average Bonchev–Trinajstić information content (AvgIpc) is 2.85. The molecule has 19 heavy (non-hydrogen) atoms. The monoisotopic (exact) mass is 267 g/mol. The lowest BCUT2D eigenvalue weighted by Gasteiger charge is -2.22. The fraction of sp³-hybridized carbons (Fsp3) is 0.667. The summed E-state index contributed by atoms with van der Waals surface area (Å²) in [7, 11) is 0. The molecular formula is C12H21N5O2. The van der Waals surface area contributed by atoms with Gasteiger partial charge in [0.15, 0.2) is 0 Å². The highest BCUT2D eigenvalue weighted by molar-refractivity contribution is 5.57. The number of ether oxygens (including phenoxy) is 1. The molecule has 2 rings (SSSR count). The van der Waals surface area contributed by atoms with Crippen LogP contribution in [0.3, 0.4) is 0 Å². The van der Waals surface area contributed by atoms with Crippen molar-refractivity contribution < 1.29 is 9.84 Å². The Bertz CT molecular complexity index is 421. The number of anilines is 2. The number of hydrogen-bond acceptors (Lipinski definition) is 7. The molecule has 7 heteroatoms. The van der Waals surface area contributed by atoms with Crippen molar-refractivity contribution in [2.45, 2.75) is 31.8 Å². The van der Waals surface area contributed by atoms with Crippen LogP contribution in [0.4, 0.5) is 11.6 Å². The lowest BCUT2D eigenvalue weighted by Crippen LogP contribution is -2.37. The second kappa shape index (κ2) is 6.14. The molecule has 5 N–H and O–H groups in total. The molecule has 0 bridgehead atoms. The minimum absolute atomic E-state index is 0.357. The Morgan fingerprint density at radius 1 is 1.47 bits per heavy atom. The zero-order valence-electron chi connectivity index (χ0n) is 11.1. The number of nitrogens with zero attached hydrogens (tertiary/aromatic N) is 2. The van der Waals surface area contributed by atoms with Gasteiger partial charge >= 0.3 is 0 Å². The lowest BCUT2D eigenvalue weighted by atomic mass is 10.0.